The number of methoxy groups -OCH3 is 1. The summed E-state index contributed by atoms with van der Waals surface area (Å²) in [6.07, 6.45) is 0.464. The molecular weight excluding hydrogens is 322 g/mol. The summed E-state index contributed by atoms with van der Waals surface area (Å²) in [5.74, 6) is 1.19. The van der Waals surface area contributed by atoms with Crippen molar-refractivity contribution in [1.82, 2.24) is 0 Å². The number of hydrogen-bond donors (Lipinski definition) is 1. The molecule has 0 aromatic heterocycles. The molecule has 1 aliphatic rings. The molecule has 6 heteroatoms. The number of ether oxygens (including phenoxy) is 2. The van der Waals surface area contributed by atoms with Crippen LogP contribution in [0.3, 0.4) is 0 Å². The fraction of sp³-hybridized carbons (Fsp3) is 0.316. The molecule has 1 N–H and O–H groups in total. The van der Waals surface area contributed by atoms with Gasteiger partial charge in [0.25, 0.3) is 5.91 Å². The van der Waals surface area contributed by atoms with Crippen LogP contribution in [0.15, 0.2) is 42.5 Å². The SMILES string of the molecule is CCOCC1Cc2cc(C(=O)Nc3ccc(OC)cc3)ccc2OO1. The molecule has 6 nitrogen and oxygen atoms in total. The Hall–Kier alpha value is -2.57. The lowest BCUT2D eigenvalue weighted by Gasteiger charge is -2.24. The number of hydrogen-bond acceptors (Lipinski definition) is 5. The molecule has 2 aromatic rings. The Labute approximate surface area is 146 Å². The smallest absolute Gasteiger partial charge is 0.255 e. The highest BCUT2D eigenvalue weighted by molar-refractivity contribution is 6.04. The van der Waals surface area contributed by atoms with Crippen molar-refractivity contribution in [3.8, 4) is 11.5 Å². The number of carbonyl (C=O) groups excluding carboxylic acids is 1. The predicted molar refractivity (Wildman–Crippen MR) is 93.1 cm³/mol. The molecule has 0 aliphatic carbocycles. The molecule has 0 fully saturated rings. The molecule has 0 saturated carbocycles. The molecule has 0 bridgehead atoms. The van der Waals surface area contributed by atoms with Gasteiger partial charge in [0.15, 0.2) is 5.75 Å². The second-order valence-electron chi connectivity index (χ2n) is 5.67. The number of benzene rings is 2. The van der Waals surface area contributed by atoms with Gasteiger partial charge in [0, 0.05) is 29.8 Å². The van der Waals surface area contributed by atoms with Gasteiger partial charge in [-0.05, 0) is 49.4 Å². The summed E-state index contributed by atoms with van der Waals surface area (Å²) in [6, 6.07) is 12.5. The van der Waals surface area contributed by atoms with Gasteiger partial charge in [-0.3, -0.25) is 4.79 Å². The molecule has 25 heavy (non-hydrogen) atoms. The Kier molecular flexibility index (Phi) is 5.53. The van der Waals surface area contributed by atoms with E-state index in [9.17, 15) is 4.79 Å². The van der Waals surface area contributed by atoms with Gasteiger partial charge in [-0.2, -0.15) is 4.89 Å². The summed E-state index contributed by atoms with van der Waals surface area (Å²) >= 11 is 0. The number of anilines is 1. The fourth-order valence-electron chi connectivity index (χ4n) is 2.57. The third kappa shape index (κ3) is 4.29. The molecule has 3 rings (SSSR count). The van der Waals surface area contributed by atoms with Gasteiger partial charge in [0.05, 0.1) is 13.7 Å². The van der Waals surface area contributed by atoms with E-state index in [0.29, 0.717) is 36.6 Å². The van der Waals surface area contributed by atoms with E-state index in [1.165, 1.54) is 0 Å². The van der Waals surface area contributed by atoms with E-state index in [1.807, 2.05) is 13.0 Å². The van der Waals surface area contributed by atoms with Crippen molar-refractivity contribution in [3.63, 3.8) is 0 Å². The van der Waals surface area contributed by atoms with Gasteiger partial charge >= 0.3 is 0 Å². The Morgan fingerprint density at radius 2 is 2.04 bits per heavy atom. The third-order valence-corrected chi connectivity index (χ3v) is 3.90. The highest BCUT2D eigenvalue weighted by Crippen LogP contribution is 2.28. The maximum Gasteiger partial charge on any atom is 0.255 e. The van der Waals surface area contributed by atoms with Gasteiger partial charge in [0.2, 0.25) is 0 Å². The standard InChI is InChI=1S/C19H21NO5/c1-3-23-12-17-11-14-10-13(4-9-18(14)25-24-17)19(21)20-15-5-7-16(22-2)8-6-15/h4-10,17H,3,11-12H2,1-2H3,(H,20,21). The monoisotopic (exact) mass is 343 g/mol. The van der Waals surface area contributed by atoms with E-state index in [1.54, 1.807) is 43.5 Å². The lowest BCUT2D eigenvalue weighted by atomic mass is 10.0. The molecular formula is C19H21NO5. The van der Waals surface area contributed by atoms with Crippen LogP contribution >= 0.6 is 0 Å². The van der Waals surface area contributed by atoms with Crippen LogP contribution in [0.1, 0.15) is 22.8 Å². The van der Waals surface area contributed by atoms with E-state index in [2.05, 4.69) is 5.32 Å². The van der Waals surface area contributed by atoms with Crippen molar-refractivity contribution in [2.24, 2.45) is 0 Å². The summed E-state index contributed by atoms with van der Waals surface area (Å²) < 4.78 is 10.5. The first-order valence-electron chi connectivity index (χ1n) is 8.19. The fourth-order valence-corrected chi connectivity index (χ4v) is 2.57. The number of amides is 1. The number of rotatable bonds is 6. The first kappa shape index (κ1) is 17.3. The predicted octanol–water partition coefficient (Wildman–Crippen LogP) is 3.22. The van der Waals surface area contributed by atoms with E-state index in [-0.39, 0.29) is 12.0 Å². The van der Waals surface area contributed by atoms with Gasteiger partial charge in [-0.15, -0.1) is 0 Å². The van der Waals surface area contributed by atoms with Gasteiger partial charge in [-0.1, -0.05) is 0 Å². The molecule has 0 radical (unpaired) electrons. The molecule has 2 aromatic carbocycles. The molecule has 1 amide bonds. The lowest BCUT2D eigenvalue weighted by Crippen LogP contribution is -2.28. The van der Waals surface area contributed by atoms with E-state index < -0.39 is 0 Å². The average Bonchev–Trinajstić information content (AvgIpc) is 2.66. The van der Waals surface area contributed by atoms with Crippen molar-refractivity contribution in [2.45, 2.75) is 19.4 Å². The van der Waals surface area contributed by atoms with Crippen LogP contribution in [0.25, 0.3) is 0 Å². The molecule has 132 valence electrons. The maximum absolute atomic E-state index is 12.5. The molecule has 1 aliphatic heterocycles. The summed E-state index contributed by atoms with van der Waals surface area (Å²) in [5.41, 5.74) is 2.20. The van der Waals surface area contributed by atoms with Crippen LogP contribution in [0, 0.1) is 0 Å². The van der Waals surface area contributed by atoms with Crippen LogP contribution in [0.2, 0.25) is 0 Å². The minimum absolute atomic E-state index is 0.174. The second kappa shape index (κ2) is 8.00. The minimum Gasteiger partial charge on any atom is -0.497 e. The highest BCUT2D eigenvalue weighted by atomic mass is 17.2. The Bertz CT molecular complexity index is 729. The van der Waals surface area contributed by atoms with Crippen LogP contribution < -0.4 is 14.9 Å². The van der Waals surface area contributed by atoms with Crippen LogP contribution in [-0.2, 0) is 16.0 Å². The Balaban J connectivity index is 1.69. The first-order valence-corrected chi connectivity index (χ1v) is 8.19. The lowest BCUT2D eigenvalue weighted by molar-refractivity contribution is -0.264. The molecule has 0 saturated heterocycles. The molecule has 0 spiro atoms. The third-order valence-electron chi connectivity index (χ3n) is 3.90. The summed E-state index contributed by atoms with van der Waals surface area (Å²) in [5, 5.41) is 2.87. The first-order chi connectivity index (χ1) is 12.2. The Morgan fingerprint density at radius 1 is 1.24 bits per heavy atom. The van der Waals surface area contributed by atoms with Crippen molar-refractivity contribution < 1.29 is 24.0 Å². The number of carbonyl (C=O) groups is 1. The van der Waals surface area contributed by atoms with Crippen LogP contribution in [0.4, 0.5) is 5.69 Å². The largest absolute Gasteiger partial charge is 0.497 e. The van der Waals surface area contributed by atoms with Crippen molar-refractivity contribution in [3.05, 3.63) is 53.6 Å². The molecule has 1 atom stereocenters. The van der Waals surface area contributed by atoms with E-state index >= 15 is 0 Å². The van der Waals surface area contributed by atoms with Crippen LogP contribution in [-0.4, -0.2) is 32.3 Å². The molecule has 1 unspecified atom stereocenters. The van der Waals surface area contributed by atoms with Crippen molar-refractivity contribution in [1.29, 1.82) is 0 Å². The average molecular weight is 343 g/mol. The normalized spacial score (nSPS) is 15.8. The van der Waals surface area contributed by atoms with Gasteiger partial charge in [0.1, 0.15) is 11.9 Å². The zero-order chi connectivity index (χ0) is 17.6. The van der Waals surface area contributed by atoms with Gasteiger partial charge in [-0.25, -0.2) is 0 Å². The number of fused-ring (bicyclic) bond motifs is 1. The van der Waals surface area contributed by atoms with Crippen molar-refractivity contribution >= 4 is 11.6 Å². The topological polar surface area (TPSA) is 66.0 Å². The van der Waals surface area contributed by atoms with Crippen LogP contribution in [0.5, 0.6) is 11.5 Å². The second-order valence-corrected chi connectivity index (χ2v) is 5.67. The zero-order valence-corrected chi connectivity index (χ0v) is 14.3. The molecule has 1 heterocycles. The zero-order valence-electron chi connectivity index (χ0n) is 14.3. The highest BCUT2D eigenvalue weighted by Gasteiger charge is 2.23. The Morgan fingerprint density at radius 3 is 2.76 bits per heavy atom. The summed E-state index contributed by atoms with van der Waals surface area (Å²) in [7, 11) is 1.60. The quantitative estimate of drug-likeness (QED) is 0.816. The van der Waals surface area contributed by atoms with E-state index in [4.69, 9.17) is 19.2 Å². The number of nitrogens with one attached hydrogen (secondary N) is 1. The minimum atomic E-state index is -0.180. The summed E-state index contributed by atoms with van der Waals surface area (Å²) in [6.45, 7) is 3.01. The van der Waals surface area contributed by atoms with Crippen molar-refractivity contribution in [2.75, 3.05) is 25.6 Å². The van der Waals surface area contributed by atoms with E-state index in [0.717, 1.165) is 11.3 Å². The van der Waals surface area contributed by atoms with Gasteiger partial charge < -0.3 is 19.7 Å². The summed E-state index contributed by atoms with van der Waals surface area (Å²) in [4.78, 5) is 23.0. The maximum atomic E-state index is 12.5.